The number of hydrogen-bond donors (Lipinski definition) is 3. The molecule has 0 spiro atoms. The SMILES string of the molecule is Cc1ccccc1N=C(N)/N=C(\N)N1CC(C(N)=O)CC1=O. The van der Waals surface area contributed by atoms with Crippen molar-refractivity contribution in [3.63, 3.8) is 0 Å². The number of hydrogen-bond acceptors (Lipinski definition) is 3. The first-order valence-electron chi connectivity index (χ1n) is 6.72. The van der Waals surface area contributed by atoms with Crippen LogP contribution in [0.15, 0.2) is 34.3 Å². The van der Waals surface area contributed by atoms with E-state index in [9.17, 15) is 9.59 Å². The smallest absolute Gasteiger partial charge is 0.230 e. The van der Waals surface area contributed by atoms with E-state index >= 15 is 0 Å². The first-order chi connectivity index (χ1) is 10.4. The maximum atomic E-state index is 11.8. The van der Waals surface area contributed by atoms with Gasteiger partial charge in [0.1, 0.15) is 0 Å². The van der Waals surface area contributed by atoms with Crippen LogP contribution in [-0.4, -0.2) is 35.2 Å². The standard InChI is InChI=1S/C14H18N6O2/c1-8-4-2-3-5-10(8)18-13(16)19-14(17)20-7-9(12(15)22)6-11(20)21/h2-5,9H,6-7H2,1H3,(H2,15,22)(H4,16,17,18,19). The molecule has 1 aromatic rings. The topological polar surface area (TPSA) is 140 Å². The van der Waals surface area contributed by atoms with E-state index in [1.165, 1.54) is 4.90 Å². The van der Waals surface area contributed by atoms with E-state index in [0.29, 0.717) is 5.69 Å². The largest absolute Gasteiger partial charge is 0.369 e. The minimum Gasteiger partial charge on any atom is -0.369 e. The molecule has 1 fully saturated rings. The molecule has 6 N–H and O–H groups in total. The van der Waals surface area contributed by atoms with Crippen LogP contribution >= 0.6 is 0 Å². The van der Waals surface area contributed by atoms with Crippen molar-refractivity contribution in [3.8, 4) is 0 Å². The third kappa shape index (κ3) is 3.40. The van der Waals surface area contributed by atoms with Crippen LogP contribution in [0.1, 0.15) is 12.0 Å². The molecule has 0 aliphatic carbocycles. The summed E-state index contributed by atoms with van der Waals surface area (Å²) in [6.07, 6.45) is 0.0282. The zero-order valence-corrected chi connectivity index (χ0v) is 12.2. The zero-order chi connectivity index (χ0) is 16.3. The third-order valence-corrected chi connectivity index (χ3v) is 3.38. The average molecular weight is 302 g/mol. The van der Waals surface area contributed by atoms with Gasteiger partial charge in [0.15, 0.2) is 0 Å². The predicted molar refractivity (Wildman–Crippen MR) is 83.1 cm³/mol. The Balaban J connectivity index is 2.17. The van der Waals surface area contributed by atoms with E-state index in [1.807, 2.05) is 25.1 Å². The molecule has 8 nitrogen and oxygen atoms in total. The number of aryl methyl sites for hydroxylation is 1. The number of nitrogens with zero attached hydrogens (tertiary/aromatic N) is 3. The van der Waals surface area contributed by atoms with Crippen molar-refractivity contribution < 1.29 is 9.59 Å². The van der Waals surface area contributed by atoms with Gasteiger partial charge in [-0.25, -0.2) is 4.99 Å². The average Bonchev–Trinajstić information content (AvgIpc) is 2.83. The maximum absolute atomic E-state index is 11.8. The lowest BCUT2D eigenvalue weighted by molar-refractivity contribution is -0.126. The highest BCUT2D eigenvalue weighted by atomic mass is 16.2. The van der Waals surface area contributed by atoms with Gasteiger partial charge in [0, 0.05) is 13.0 Å². The Kier molecular flexibility index (Phi) is 4.40. The highest BCUT2D eigenvalue weighted by molar-refractivity contribution is 6.04. The van der Waals surface area contributed by atoms with Crippen LogP contribution < -0.4 is 17.2 Å². The summed E-state index contributed by atoms with van der Waals surface area (Å²) in [4.78, 5) is 32.2. The lowest BCUT2D eigenvalue weighted by Gasteiger charge is -2.14. The molecule has 0 radical (unpaired) electrons. The summed E-state index contributed by atoms with van der Waals surface area (Å²) in [5, 5.41) is 0. The molecule has 2 rings (SSSR count). The Morgan fingerprint density at radius 3 is 2.55 bits per heavy atom. The molecular weight excluding hydrogens is 284 g/mol. The molecule has 0 bridgehead atoms. The van der Waals surface area contributed by atoms with Gasteiger partial charge in [-0.15, -0.1) is 0 Å². The van der Waals surface area contributed by atoms with Crippen LogP contribution in [0.5, 0.6) is 0 Å². The molecule has 1 aliphatic rings. The van der Waals surface area contributed by atoms with Crippen molar-refractivity contribution in [2.45, 2.75) is 13.3 Å². The van der Waals surface area contributed by atoms with Gasteiger partial charge < -0.3 is 17.2 Å². The molecule has 0 aromatic heterocycles. The maximum Gasteiger partial charge on any atom is 0.230 e. The van der Waals surface area contributed by atoms with Gasteiger partial charge >= 0.3 is 0 Å². The van der Waals surface area contributed by atoms with Gasteiger partial charge in [0.25, 0.3) is 0 Å². The lowest BCUT2D eigenvalue weighted by atomic mass is 10.1. The number of aliphatic imine (C=N–C) groups is 2. The number of likely N-dealkylation sites (tertiary alicyclic amines) is 1. The molecule has 22 heavy (non-hydrogen) atoms. The minimum absolute atomic E-state index is 0.0282. The molecule has 1 saturated heterocycles. The predicted octanol–water partition coefficient (Wildman–Crippen LogP) is -0.410. The second kappa shape index (κ2) is 6.25. The quantitative estimate of drug-likeness (QED) is 0.504. The first-order valence-corrected chi connectivity index (χ1v) is 6.72. The number of carbonyl (C=O) groups excluding carboxylic acids is 2. The van der Waals surface area contributed by atoms with E-state index in [0.717, 1.165) is 5.56 Å². The van der Waals surface area contributed by atoms with Crippen molar-refractivity contribution in [3.05, 3.63) is 29.8 Å². The molecule has 2 amide bonds. The number of amides is 2. The Hall–Kier alpha value is -2.90. The summed E-state index contributed by atoms with van der Waals surface area (Å²) in [7, 11) is 0. The molecule has 116 valence electrons. The summed E-state index contributed by atoms with van der Waals surface area (Å²) >= 11 is 0. The number of primary amides is 1. The molecule has 0 saturated carbocycles. The second-order valence-corrected chi connectivity index (χ2v) is 5.03. The number of carbonyl (C=O) groups is 2. The molecule has 1 aliphatic heterocycles. The number of para-hydroxylation sites is 1. The molecule has 8 heteroatoms. The molecule has 1 unspecified atom stereocenters. The van der Waals surface area contributed by atoms with Crippen LogP contribution in [0, 0.1) is 12.8 Å². The highest BCUT2D eigenvalue weighted by Gasteiger charge is 2.35. The van der Waals surface area contributed by atoms with Gasteiger partial charge in [-0.2, -0.15) is 4.99 Å². The Morgan fingerprint density at radius 2 is 1.95 bits per heavy atom. The van der Waals surface area contributed by atoms with E-state index in [1.54, 1.807) is 6.07 Å². The summed E-state index contributed by atoms with van der Waals surface area (Å²) in [6, 6.07) is 7.39. The number of guanidine groups is 2. The van der Waals surface area contributed by atoms with Gasteiger partial charge in [-0.1, -0.05) is 18.2 Å². The molecule has 1 atom stereocenters. The Bertz CT molecular complexity index is 667. The van der Waals surface area contributed by atoms with Crippen LogP contribution in [0.25, 0.3) is 0 Å². The second-order valence-electron chi connectivity index (χ2n) is 5.03. The van der Waals surface area contributed by atoms with Gasteiger partial charge in [-0.05, 0) is 18.6 Å². The van der Waals surface area contributed by atoms with Crippen molar-refractivity contribution in [1.29, 1.82) is 0 Å². The monoisotopic (exact) mass is 302 g/mol. The first kappa shape index (κ1) is 15.5. The van der Waals surface area contributed by atoms with Crippen LogP contribution in [-0.2, 0) is 9.59 Å². The van der Waals surface area contributed by atoms with E-state index < -0.39 is 11.8 Å². The Labute approximate surface area is 127 Å². The minimum atomic E-state index is -0.559. The Morgan fingerprint density at radius 1 is 1.27 bits per heavy atom. The highest BCUT2D eigenvalue weighted by Crippen LogP contribution is 2.18. The summed E-state index contributed by atoms with van der Waals surface area (Å²) in [5.74, 6) is -1.57. The van der Waals surface area contributed by atoms with Crippen molar-refractivity contribution >= 4 is 29.4 Å². The van der Waals surface area contributed by atoms with Crippen LogP contribution in [0.2, 0.25) is 0 Å². The van der Waals surface area contributed by atoms with Crippen LogP contribution in [0.4, 0.5) is 5.69 Å². The summed E-state index contributed by atoms with van der Waals surface area (Å²) < 4.78 is 0. The van der Waals surface area contributed by atoms with Crippen molar-refractivity contribution in [1.82, 2.24) is 4.90 Å². The van der Waals surface area contributed by atoms with Gasteiger partial charge in [0.2, 0.25) is 23.7 Å². The van der Waals surface area contributed by atoms with Crippen molar-refractivity contribution in [2.75, 3.05) is 6.54 Å². The van der Waals surface area contributed by atoms with E-state index in [2.05, 4.69) is 9.98 Å². The lowest BCUT2D eigenvalue weighted by Crippen LogP contribution is -2.40. The van der Waals surface area contributed by atoms with Crippen molar-refractivity contribution in [2.24, 2.45) is 33.1 Å². The zero-order valence-electron chi connectivity index (χ0n) is 12.2. The number of nitrogens with two attached hydrogens (primary N) is 3. The number of rotatable bonds is 2. The normalized spacial score (nSPS) is 19.6. The summed E-state index contributed by atoms with van der Waals surface area (Å²) in [5.41, 5.74) is 18.3. The molecule has 1 aromatic carbocycles. The fourth-order valence-corrected chi connectivity index (χ4v) is 2.13. The molecular formula is C14H18N6O2. The van der Waals surface area contributed by atoms with E-state index in [4.69, 9.17) is 17.2 Å². The molecule has 1 heterocycles. The van der Waals surface area contributed by atoms with Gasteiger partial charge in [0.05, 0.1) is 11.6 Å². The van der Waals surface area contributed by atoms with Gasteiger partial charge in [-0.3, -0.25) is 14.5 Å². The number of benzene rings is 1. The summed E-state index contributed by atoms with van der Waals surface area (Å²) in [6.45, 7) is 2.00. The fourth-order valence-electron chi connectivity index (χ4n) is 2.13. The van der Waals surface area contributed by atoms with E-state index in [-0.39, 0.29) is 30.8 Å². The fraction of sp³-hybridized carbons (Fsp3) is 0.286. The van der Waals surface area contributed by atoms with Crippen LogP contribution in [0.3, 0.4) is 0 Å². The third-order valence-electron chi connectivity index (χ3n) is 3.38.